The fraction of sp³-hybridized carbons (Fsp3) is 0.667. The second-order valence-corrected chi connectivity index (χ2v) is 4.52. The Balaban J connectivity index is 3.22. The summed E-state index contributed by atoms with van der Waals surface area (Å²) in [7, 11) is 2.37. The van der Waals surface area contributed by atoms with Crippen LogP contribution in [0.3, 0.4) is 0 Å². The highest BCUT2D eigenvalue weighted by atomic mass is 33.1. The molecule has 0 aromatic heterocycles. The summed E-state index contributed by atoms with van der Waals surface area (Å²) in [5, 5.41) is 10.8. The maximum atomic E-state index is 10.9. The van der Waals surface area contributed by atoms with Crippen LogP contribution in [0.25, 0.3) is 0 Å². The molecule has 0 aromatic rings. The molecule has 4 N–H and O–H groups in total. The van der Waals surface area contributed by atoms with E-state index in [1.54, 1.807) is 0 Å². The van der Waals surface area contributed by atoms with Crippen molar-refractivity contribution < 1.29 is 14.7 Å². The maximum absolute atomic E-state index is 10.9. The largest absolute Gasteiger partial charge is 0.481 e. The molecule has 0 aliphatic carbocycles. The highest BCUT2D eigenvalue weighted by molar-refractivity contribution is 8.77. The lowest BCUT2D eigenvalue weighted by molar-refractivity contribution is -0.133. The van der Waals surface area contributed by atoms with Crippen molar-refractivity contribution >= 4 is 33.5 Å². The number of hydrogen-bond donors (Lipinski definition) is 3. The van der Waals surface area contributed by atoms with E-state index in [4.69, 9.17) is 10.8 Å². The zero-order chi connectivity index (χ0) is 10.1. The van der Waals surface area contributed by atoms with Gasteiger partial charge in [0.25, 0.3) is 0 Å². The smallest absolute Gasteiger partial charge is 0.314 e. The third kappa shape index (κ3) is 9.51. The number of carbonyl (C=O) groups is 2. The lowest BCUT2D eigenvalue weighted by Gasteiger charge is -2.01. The Labute approximate surface area is 84.2 Å². The van der Waals surface area contributed by atoms with Crippen LogP contribution in [0.5, 0.6) is 0 Å². The van der Waals surface area contributed by atoms with Crippen LogP contribution in [0, 0.1) is 0 Å². The first kappa shape index (κ1) is 12.6. The molecule has 0 saturated heterocycles. The van der Waals surface area contributed by atoms with Crippen LogP contribution >= 0.6 is 21.6 Å². The molecule has 0 aromatic carbocycles. The first-order valence-electron chi connectivity index (χ1n) is 3.59. The van der Waals surface area contributed by atoms with E-state index >= 15 is 0 Å². The number of carboxylic acid groups (broad SMARTS) is 1. The van der Waals surface area contributed by atoms with Crippen LogP contribution in [-0.4, -0.2) is 41.6 Å². The molecule has 76 valence electrons. The Morgan fingerprint density at radius 3 is 2.46 bits per heavy atom. The highest BCUT2D eigenvalue weighted by Crippen LogP contribution is 2.19. The Morgan fingerprint density at radius 1 is 1.31 bits per heavy atom. The molecule has 0 radical (unpaired) electrons. The van der Waals surface area contributed by atoms with Crippen LogP contribution < -0.4 is 11.1 Å². The van der Waals surface area contributed by atoms with E-state index in [-0.39, 0.29) is 17.4 Å². The molecule has 0 heterocycles. The molecule has 0 aliphatic heterocycles. The number of nitrogens with one attached hydrogen (secondary N) is 1. The molecule has 0 atom stereocenters. The van der Waals surface area contributed by atoms with Gasteiger partial charge in [-0.15, -0.1) is 0 Å². The fourth-order valence-corrected chi connectivity index (χ4v) is 2.05. The number of rotatable bonds is 7. The minimum absolute atomic E-state index is 0.00877. The predicted octanol–water partition coefficient (Wildman–Crippen LogP) is -0.473. The number of aliphatic carboxylic acids is 1. The van der Waals surface area contributed by atoms with Gasteiger partial charge in [-0.25, -0.2) is 0 Å². The molecule has 7 heteroatoms. The Bertz CT molecular complexity index is 177. The number of carboxylic acids is 1. The fourth-order valence-electron chi connectivity index (χ4n) is 0.450. The Kier molecular flexibility index (Phi) is 7.96. The molecule has 0 fully saturated rings. The van der Waals surface area contributed by atoms with Gasteiger partial charge in [-0.1, -0.05) is 21.6 Å². The molecular formula is C6H12N2O3S2. The van der Waals surface area contributed by atoms with E-state index in [2.05, 4.69) is 5.32 Å². The third-order valence-electron chi connectivity index (χ3n) is 0.922. The van der Waals surface area contributed by atoms with E-state index in [0.717, 1.165) is 10.8 Å². The molecule has 0 aliphatic rings. The van der Waals surface area contributed by atoms with E-state index < -0.39 is 5.97 Å². The van der Waals surface area contributed by atoms with Crippen molar-refractivity contribution in [1.82, 2.24) is 5.32 Å². The monoisotopic (exact) mass is 224 g/mol. The molecule has 13 heavy (non-hydrogen) atoms. The van der Waals surface area contributed by atoms with Crippen LogP contribution in [-0.2, 0) is 9.59 Å². The molecule has 0 rings (SSSR count). The van der Waals surface area contributed by atoms with E-state index in [1.807, 2.05) is 0 Å². The van der Waals surface area contributed by atoms with E-state index in [0.29, 0.717) is 13.1 Å². The average molecular weight is 224 g/mol. The summed E-state index contributed by atoms with van der Waals surface area (Å²) in [6, 6.07) is 0. The van der Waals surface area contributed by atoms with Crippen molar-refractivity contribution in [3.63, 3.8) is 0 Å². The zero-order valence-corrected chi connectivity index (χ0v) is 8.62. The summed E-state index contributed by atoms with van der Waals surface area (Å²) >= 11 is 0. The summed E-state index contributed by atoms with van der Waals surface area (Å²) < 4.78 is 0. The SMILES string of the molecule is NCCNC(=O)CSSCC(=O)O. The third-order valence-corrected chi connectivity index (χ3v) is 3.04. The number of amides is 1. The zero-order valence-electron chi connectivity index (χ0n) is 6.99. The summed E-state index contributed by atoms with van der Waals surface area (Å²) in [6.07, 6.45) is 0. The first-order chi connectivity index (χ1) is 6.16. The highest BCUT2D eigenvalue weighted by Gasteiger charge is 2.02. The summed E-state index contributed by atoms with van der Waals surface area (Å²) in [5.41, 5.74) is 5.17. The van der Waals surface area contributed by atoms with Gasteiger partial charge in [0.05, 0.1) is 5.75 Å². The standard InChI is InChI=1S/C6H12N2O3S2/c7-1-2-8-5(9)3-12-13-4-6(10)11/h1-4,7H2,(H,8,9)(H,10,11). The van der Waals surface area contributed by atoms with Gasteiger partial charge in [-0.3, -0.25) is 9.59 Å². The maximum Gasteiger partial charge on any atom is 0.314 e. The average Bonchev–Trinajstić information content (AvgIpc) is 2.08. The van der Waals surface area contributed by atoms with Crippen LogP contribution in [0.4, 0.5) is 0 Å². The summed E-state index contributed by atoms with van der Waals surface area (Å²) in [5.74, 6) is -0.722. The van der Waals surface area contributed by atoms with Crippen LogP contribution in [0.15, 0.2) is 0 Å². The minimum atomic E-state index is -0.875. The van der Waals surface area contributed by atoms with Crippen molar-refractivity contribution in [1.29, 1.82) is 0 Å². The van der Waals surface area contributed by atoms with Gasteiger partial charge >= 0.3 is 5.97 Å². The quantitative estimate of drug-likeness (QED) is 0.400. The molecule has 1 amide bonds. The molecular weight excluding hydrogens is 212 g/mol. The van der Waals surface area contributed by atoms with E-state index in [1.165, 1.54) is 10.8 Å². The topological polar surface area (TPSA) is 92.4 Å². The van der Waals surface area contributed by atoms with Gasteiger partial charge in [0.15, 0.2) is 0 Å². The van der Waals surface area contributed by atoms with Gasteiger partial charge in [-0.05, 0) is 0 Å². The molecule has 0 spiro atoms. The number of carbonyl (C=O) groups excluding carboxylic acids is 1. The number of hydrogen-bond acceptors (Lipinski definition) is 5. The minimum Gasteiger partial charge on any atom is -0.481 e. The number of nitrogens with two attached hydrogens (primary N) is 1. The second kappa shape index (κ2) is 8.21. The first-order valence-corrected chi connectivity index (χ1v) is 6.08. The molecule has 0 saturated carbocycles. The van der Waals surface area contributed by atoms with Crippen molar-refractivity contribution in [2.75, 3.05) is 24.6 Å². The summed E-state index contributed by atoms with van der Waals surface area (Å²) in [4.78, 5) is 21.0. The van der Waals surface area contributed by atoms with Crippen LogP contribution in [0.2, 0.25) is 0 Å². The van der Waals surface area contributed by atoms with Crippen molar-refractivity contribution in [2.24, 2.45) is 5.73 Å². The van der Waals surface area contributed by atoms with Crippen molar-refractivity contribution in [3.05, 3.63) is 0 Å². The second-order valence-electron chi connectivity index (χ2n) is 2.06. The van der Waals surface area contributed by atoms with Gasteiger partial charge in [0.1, 0.15) is 5.75 Å². The molecule has 0 unspecified atom stereocenters. The van der Waals surface area contributed by atoms with E-state index in [9.17, 15) is 9.59 Å². The lowest BCUT2D eigenvalue weighted by Crippen LogP contribution is -2.30. The van der Waals surface area contributed by atoms with Crippen LogP contribution in [0.1, 0.15) is 0 Å². The van der Waals surface area contributed by atoms with Crippen molar-refractivity contribution in [3.8, 4) is 0 Å². The molecule has 5 nitrogen and oxygen atoms in total. The van der Waals surface area contributed by atoms with Gasteiger partial charge in [0.2, 0.25) is 5.91 Å². The predicted molar refractivity (Wildman–Crippen MR) is 54.6 cm³/mol. The van der Waals surface area contributed by atoms with Gasteiger partial charge in [0, 0.05) is 13.1 Å². The Morgan fingerprint density at radius 2 is 1.92 bits per heavy atom. The Hall–Kier alpha value is -0.400. The van der Waals surface area contributed by atoms with Crippen molar-refractivity contribution in [2.45, 2.75) is 0 Å². The lowest BCUT2D eigenvalue weighted by atomic mass is 10.6. The molecule has 0 bridgehead atoms. The van der Waals surface area contributed by atoms with Gasteiger partial charge < -0.3 is 16.2 Å². The normalized spacial score (nSPS) is 9.62. The van der Waals surface area contributed by atoms with Gasteiger partial charge in [-0.2, -0.15) is 0 Å². The summed E-state index contributed by atoms with van der Waals surface area (Å²) in [6.45, 7) is 0.877.